The van der Waals surface area contributed by atoms with Crippen LogP contribution in [-0.4, -0.2) is 46.9 Å². The van der Waals surface area contributed by atoms with Crippen LogP contribution in [0.25, 0.3) is 0 Å². The highest BCUT2D eigenvalue weighted by Gasteiger charge is 2.47. The average molecular weight is 440 g/mol. The zero-order valence-electron chi connectivity index (χ0n) is 19.8. The molecule has 0 radical (unpaired) electrons. The number of carbonyl (C=O) groups excluding carboxylic acids is 1. The molecule has 4 nitrogen and oxygen atoms in total. The van der Waals surface area contributed by atoms with E-state index in [1.54, 1.807) is 0 Å². The summed E-state index contributed by atoms with van der Waals surface area (Å²) in [5.74, 6) is 3.69. The molecule has 2 heterocycles. The third-order valence-electron chi connectivity index (χ3n) is 6.93. The number of amides is 1. The van der Waals surface area contributed by atoms with Crippen molar-refractivity contribution >= 4 is 17.7 Å². The van der Waals surface area contributed by atoms with Gasteiger partial charge in [-0.3, -0.25) is 10.0 Å². The molecule has 2 bridgehead atoms. The first kappa shape index (κ1) is 25.7. The summed E-state index contributed by atoms with van der Waals surface area (Å²) in [6, 6.07) is 0. The number of hydrogen-bond donors (Lipinski definition) is 1. The fourth-order valence-corrected chi connectivity index (χ4v) is 6.30. The lowest BCUT2D eigenvalue weighted by atomic mass is 9.78. The van der Waals surface area contributed by atoms with Gasteiger partial charge in [-0.2, -0.15) is 11.8 Å². The first-order valence-electron chi connectivity index (χ1n) is 12.2. The molecule has 0 spiro atoms. The second-order valence-corrected chi connectivity index (χ2v) is 11.1. The van der Waals surface area contributed by atoms with Crippen LogP contribution in [0.2, 0.25) is 0 Å². The lowest BCUT2D eigenvalue weighted by molar-refractivity contribution is -0.169. The minimum absolute atomic E-state index is 0.222. The van der Waals surface area contributed by atoms with Crippen molar-refractivity contribution in [1.29, 1.82) is 0 Å². The highest BCUT2D eigenvalue weighted by atomic mass is 32.2. The summed E-state index contributed by atoms with van der Waals surface area (Å²) in [7, 11) is 1.40. The third kappa shape index (κ3) is 7.87. The highest BCUT2D eigenvalue weighted by Crippen LogP contribution is 2.46. The Morgan fingerprint density at radius 1 is 1.10 bits per heavy atom. The molecule has 2 aliphatic rings. The SMILES string of the molecule is CCCCCCCCSC[C@@H]1[C@H](CC=CCCC(C)(C)C(=O)N(C)O)[C@@H]2CC[C@H]1O2. The Bertz CT molecular complexity index is 534. The van der Waals surface area contributed by atoms with Crippen LogP contribution in [0.3, 0.4) is 0 Å². The standard InChI is InChI=1S/C25H45NO3S/c1-5-6-7-8-9-13-18-30-19-21-20(22-15-16-23(21)29-22)14-11-10-12-17-25(2,3)24(27)26(4)28/h10-11,20-23,28H,5-9,12-19H2,1-4H3/t20-,21+,22-,23+/m0/s1. The summed E-state index contributed by atoms with van der Waals surface area (Å²) >= 11 is 2.14. The Labute approximate surface area is 189 Å². The van der Waals surface area contributed by atoms with Gasteiger partial charge in [-0.1, -0.05) is 65.0 Å². The van der Waals surface area contributed by atoms with E-state index in [0.717, 1.165) is 19.3 Å². The monoisotopic (exact) mass is 439 g/mol. The van der Waals surface area contributed by atoms with Crippen molar-refractivity contribution in [2.24, 2.45) is 17.3 Å². The Morgan fingerprint density at radius 3 is 2.47 bits per heavy atom. The van der Waals surface area contributed by atoms with Crippen LogP contribution in [0, 0.1) is 17.3 Å². The minimum atomic E-state index is -0.529. The second kappa shape index (κ2) is 13.1. The lowest BCUT2D eigenvalue weighted by Crippen LogP contribution is -2.36. The Hall–Kier alpha value is -0.520. The van der Waals surface area contributed by atoms with Gasteiger partial charge in [-0.05, 0) is 61.9 Å². The van der Waals surface area contributed by atoms with Crippen LogP contribution < -0.4 is 0 Å². The van der Waals surface area contributed by atoms with Crippen molar-refractivity contribution in [2.45, 2.75) is 104 Å². The molecule has 2 rings (SSSR count). The Morgan fingerprint density at radius 2 is 1.77 bits per heavy atom. The summed E-state index contributed by atoms with van der Waals surface area (Å²) < 4.78 is 6.26. The number of fused-ring (bicyclic) bond motifs is 2. The van der Waals surface area contributed by atoms with Gasteiger partial charge in [-0.15, -0.1) is 0 Å². The molecule has 2 aliphatic heterocycles. The Kier molecular flexibility index (Phi) is 11.3. The smallest absolute Gasteiger partial charge is 0.251 e. The summed E-state index contributed by atoms with van der Waals surface area (Å²) in [4.78, 5) is 12.0. The fourth-order valence-electron chi connectivity index (χ4n) is 4.99. The van der Waals surface area contributed by atoms with Crippen molar-refractivity contribution in [3.63, 3.8) is 0 Å². The van der Waals surface area contributed by atoms with Crippen LogP contribution in [0.5, 0.6) is 0 Å². The van der Waals surface area contributed by atoms with E-state index in [0.29, 0.717) is 29.1 Å². The summed E-state index contributed by atoms with van der Waals surface area (Å²) in [5, 5.41) is 10.1. The van der Waals surface area contributed by atoms with Crippen molar-refractivity contribution in [3.05, 3.63) is 12.2 Å². The Balaban J connectivity index is 1.67. The molecule has 30 heavy (non-hydrogen) atoms. The number of allylic oxidation sites excluding steroid dienone is 2. The third-order valence-corrected chi connectivity index (χ3v) is 8.12. The van der Waals surface area contributed by atoms with E-state index in [9.17, 15) is 10.0 Å². The molecule has 0 aromatic rings. The number of thioether (sulfide) groups is 1. The van der Waals surface area contributed by atoms with E-state index in [1.165, 1.54) is 69.9 Å². The zero-order valence-corrected chi connectivity index (χ0v) is 20.6. The number of carbonyl (C=O) groups is 1. The minimum Gasteiger partial charge on any atom is -0.374 e. The predicted molar refractivity (Wildman–Crippen MR) is 127 cm³/mol. The maximum absolute atomic E-state index is 12.0. The molecule has 174 valence electrons. The van der Waals surface area contributed by atoms with Crippen molar-refractivity contribution in [2.75, 3.05) is 18.6 Å². The summed E-state index contributed by atoms with van der Waals surface area (Å²) in [5.41, 5.74) is -0.529. The van der Waals surface area contributed by atoms with Crippen LogP contribution in [-0.2, 0) is 9.53 Å². The van der Waals surface area contributed by atoms with Gasteiger partial charge in [0.15, 0.2) is 0 Å². The maximum atomic E-state index is 12.0. The predicted octanol–water partition coefficient (Wildman–Crippen LogP) is 6.47. The first-order valence-corrected chi connectivity index (χ1v) is 13.4. The van der Waals surface area contributed by atoms with Gasteiger partial charge in [0.1, 0.15) is 0 Å². The van der Waals surface area contributed by atoms with E-state index < -0.39 is 5.41 Å². The van der Waals surface area contributed by atoms with E-state index in [1.807, 2.05) is 13.8 Å². The molecule has 0 aromatic heterocycles. The average Bonchev–Trinajstić information content (AvgIpc) is 3.31. The van der Waals surface area contributed by atoms with Crippen LogP contribution in [0.4, 0.5) is 0 Å². The van der Waals surface area contributed by atoms with Gasteiger partial charge in [0, 0.05) is 12.5 Å². The topological polar surface area (TPSA) is 49.8 Å². The molecule has 2 saturated heterocycles. The van der Waals surface area contributed by atoms with Crippen LogP contribution in [0.15, 0.2) is 12.2 Å². The molecule has 0 unspecified atom stereocenters. The van der Waals surface area contributed by atoms with Gasteiger partial charge >= 0.3 is 0 Å². The maximum Gasteiger partial charge on any atom is 0.251 e. The van der Waals surface area contributed by atoms with E-state index in [4.69, 9.17) is 4.74 Å². The zero-order chi connectivity index (χ0) is 22.0. The van der Waals surface area contributed by atoms with E-state index in [2.05, 4.69) is 30.8 Å². The van der Waals surface area contributed by atoms with E-state index in [-0.39, 0.29) is 5.91 Å². The van der Waals surface area contributed by atoms with Crippen molar-refractivity contribution in [1.82, 2.24) is 5.06 Å². The van der Waals surface area contributed by atoms with Gasteiger partial charge < -0.3 is 4.74 Å². The molecular weight excluding hydrogens is 394 g/mol. The molecule has 4 atom stereocenters. The summed E-state index contributed by atoms with van der Waals surface area (Å²) in [6.45, 7) is 6.07. The highest BCUT2D eigenvalue weighted by molar-refractivity contribution is 7.99. The number of rotatable bonds is 15. The molecule has 0 aromatic carbocycles. The fraction of sp³-hybridized carbons (Fsp3) is 0.880. The molecule has 0 saturated carbocycles. The number of hydrogen-bond acceptors (Lipinski definition) is 4. The van der Waals surface area contributed by atoms with Crippen molar-refractivity contribution in [3.8, 4) is 0 Å². The van der Waals surface area contributed by atoms with Gasteiger partial charge in [0.25, 0.3) is 5.91 Å². The van der Waals surface area contributed by atoms with Gasteiger partial charge in [-0.25, -0.2) is 5.06 Å². The molecule has 0 aliphatic carbocycles. The number of nitrogens with zero attached hydrogens (tertiary/aromatic N) is 1. The first-order chi connectivity index (χ1) is 14.4. The van der Waals surface area contributed by atoms with E-state index >= 15 is 0 Å². The van der Waals surface area contributed by atoms with Gasteiger partial charge in [0.05, 0.1) is 12.2 Å². The molecule has 1 amide bonds. The quantitative estimate of drug-likeness (QED) is 0.137. The van der Waals surface area contributed by atoms with Crippen molar-refractivity contribution < 1.29 is 14.7 Å². The molecule has 5 heteroatoms. The second-order valence-electron chi connectivity index (χ2n) is 9.92. The normalized spacial score (nSPS) is 26.0. The molecule has 1 N–H and O–H groups in total. The lowest BCUT2D eigenvalue weighted by Gasteiger charge is -2.27. The number of ether oxygens (including phenoxy) is 1. The largest absolute Gasteiger partial charge is 0.374 e. The summed E-state index contributed by atoms with van der Waals surface area (Å²) in [6.07, 6.45) is 18.9. The molecular formula is C25H45NO3S. The number of hydroxylamine groups is 2. The number of unbranched alkanes of at least 4 members (excludes halogenated alkanes) is 5. The van der Waals surface area contributed by atoms with Gasteiger partial charge in [0.2, 0.25) is 0 Å². The van der Waals surface area contributed by atoms with Crippen LogP contribution in [0.1, 0.15) is 91.4 Å². The molecule has 2 fully saturated rings. The van der Waals surface area contributed by atoms with Crippen LogP contribution >= 0.6 is 11.8 Å².